The van der Waals surface area contributed by atoms with Gasteiger partial charge in [-0.2, -0.15) is 0 Å². The SMILES string of the molecule is CN1CCNCCC1c1ccc2c(c1)OCCCO2. The number of rotatable bonds is 1. The molecule has 1 unspecified atom stereocenters. The van der Waals surface area contributed by atoms with Gasteiger partial charge >= 0.3 is 0 Å². The Morgan fingerprint density at radius 3 is 2.89 bits per heavy atom. The van der Waals surface area contributed by atoms with E-state index in [0.29, 0.717) is 6.04 Å². The van der Waals surface area contributed by atoms with Gasteiger partial charge in [0.05, 0.1) is 13.2 Å². The van der Waals surface area contributed by atoms with E-state index in [1.54, 1.807) is 0 Å². The zero-order valence-corrected chi connectivity index (χ0v) is 11.5. The summed E-state index contributed by atoms with van der Waals surface area (Å²) in [6, 6.07) is 6.86. The monoisotopic (exact) mass is 262 g/mol. The largest absolute Gasteiger partial charge is 0.490 e. The molecule has 1 aromatic rings. The fourth-order valence-electron chi connectivity index (χ4n) is 2.80. The summed E-state index contributed by atoms with van der Waals surface area (Å²) >= 11 is 0. The van der Waals surface area contributed by atoms with Gasteiger partial charge < -0.3 is 14.8 Å². The summed E-state index contributed by atoms with van der Waals surface area (Å²) in [7, 11) is 2.20. The van der Waals surface area contributed by atoms with Gasteiger partial charge in [0, 0.05) is 25.6 Å². The second kappa shape index (κ2) is 5.80. The molecule has 4 heteroatoms. The number of hydrogen-bond donors (Lipinski definition) is 1. The first-order chi connectivity index (χ1) is 9.34. The molecule has 3 rings (SSSR count). The predicted molar refractivity (Wildman–Crippen MR) is 74.9 cm³/mol. The Kier molecular flexibility index (Phi) is 3.89. The van der Waals surface area contributed by atoms with Crippen molar-refractivity contribution in [3.8, 4) is 11.5 Å². The number of hydrogen-bond acceptors (Lipinski definition) is 4. The molecule has 0 saturated carbocycles. The summed E-state index contributed by atoms with van der Waals surface area (Å²) in [5.41, 5.74) is 1.33. The van der Waals surface area contributed by atoms with E-state index < -0.39 is 0 Å². The second-order valence-corrected chi connectivity index (χ2v) is 5.29. The van der Waals surface area contributed by atoms with Crippen LogP contribution in [0.25, 0.3) is 0 Å². The van der Waals surface area contributed by atoms with Crippen molar-refractivity contribution in [3.05, 3.63) is 23.8 Å². The molecule has 2 aliphatic rings. The van der Waals surface area contributed by atoms with Gasteiger partial charge in [0.15, 0.2) is 11.5 Å². The van der Waals surface area contributed by atoms with E-state index in [-0.39, 0.29) is 0 Å². The van der Waals surface area contributed by atoms with Crippen LogP contribution in [0.15, 0.2) is 18.2 Å². The topological polar surface area (TPSA) is 33.7 Å². The summed E-state index contributed by atoms with van der Waals surface area (Å²) in [5, 5.41) is 3.45. The highest BCUT2D eigenvalue weighted by atomic mass is 16.5. The molecule has 2 aliphatic heterocycles. The maximum Gasteiger partial charge on any atom is 0.161 e. The van der Waals surface area contributed by atoms with Crippen LogP contribution >= 0.6 is 0 Å². The number of nitrogens with zero attached hydrogens (tertiary/aromatic N) is 1. The number of nitrogens with one attached hydrogen (secondary N) is 1. The number of likely N-dealkylation sites (N-methyl/N-ethyl adjacent to an activating group) is 1. The summed E-state index contributed by atoms with van der Waals surface area (Å²) in [4.78, 5) is 2.42. The predicted octanol–water partition coefficient (Wildman–Crippen LogP) is 1.81. The van der Waals surface area contributed by atoms with Crippen molar-refractivity contribution in [1.29, 1.82) is 0 Å². The van der Waals surface area contributed by atoms with Crippen LogP contribution in [0.4, 0.5) is 0 Å². The summed E-state index contributed by atoms with van der Waals surface area (Å²) in [5.74, 6) is 1.79. The van der Waals surface area contributed by atoms with Crippen LogP contribution < -0.4 is 14.8 Å². The van der Waals surface area contributed by atoms with Crippen LogP contribution in [0.2, 0.25) is 0 Å². The molecule has 0 amide bonds. The summed E-state index contributed by atoms with van der Waals surface area (Å²) in [6.07, 6.45) is 2.09. The quantitative estimate of drug-likeness (QED) is 0.837. The fraction of sp³-hybridized carbons (Fsp3) is 0.600. The van der Waals surface area contributed by atoms with Gasteiger partial charge in [-0.3, -0.25) is 4.90 Å². The maximum absolute atomic E-state index is 5.79. The van der Waals surface area contributed by atoms with E-state index in [2.05, 4.69) is 35.5 Å². The Balaban J connectivity index is 1.85. The maximum atomic E-state index is 5.79. The van der Waals surface area contributed by atoms with Crippen molar-refractivity contribution in [2.45, 2.75) is 18.9 Å². The second-order valence-electron chi connectivity index (χ2n) is 5.29. The third-order valence-corrected chi connectivity index (χ3v) is 3.92. The molecule has 0 bridgehead atoms. The smallest absolute Gasteiger partial charge is 0.161 e. The fourth-order valence-corrected chi connectivity index (χ4v) is 2.80. The molecular weight excluding hydrogens is 240 g/mol. The number of fused-ring (bicyclic) bond motifs is 1. The van der Waals surface area contributed by atoms with Crippen LogP contribution in [0, 0.1) is 0 Å². The number of benzene rings is 1. The molecule has 1 N–H and O–H groups in total. The molecule has 2 heterocycles. The lowest BCUT2D eigenvalue weighted by Gasteiger charge is -2.26. The van der Waals surface area contributed by atoms with E-state index in [1.807, 2.05) is 0 Å². The molecule has 1 saturated heterocycles. The minimum atomic E-state index is 0.465. The van der Waals surface area contributed by atoms with E-state index in [1.165, 1.54) is 5.56 Å². The molecular formula is C15H22N2O2. The Morgan fingerprint density at radius 1 is 1.16 bits per heavy atom. The molecule has 104 valence electrons. The van der Waals surface area contributed by atoms with Crippen molar-refractivity contribution in [2.24, 2.45) is 0 Å². The zero-order chi connectivity index (χ0) is 13.1. The van der Waals surface area contributed by atoms with Crippen LogP contribution in [0.1, 0.15) is 24.4 Å². The molecule has 19 heavy (non-hydrogen) atoms. The molecule has 1 aromatic carbocycles. The van der Waals surface area contributed by atoms with Gasteiger partial charge in [0.2, 0.25) is 0 Å². The van der Waals surface area contributed by atoms with Gasteiger partial charge in [-0.1, -0.05) is 6.07 Å². The van der Waals surface area contributed by atoms with E-state index in [0.717, 1.165) is 57.2 Å². The van der Waals surface area contributed by atoms with Crippen molar-refractivity contribution < 1.29 is 9.47 Å². The van der Waals surface area contributed by atoms with Gasteiger partial charge in [0.25, 0.3) is 0 Å². The normalized spacial score (nSPS) is 24.6. The highest BCUT2D eigenvalue weighted by Crippen LogP contribution is 2.34. The molecule has 0 aromatic heterocycles. The first-order valence-electron chi connectivity index (χ1n) is 7.15. The van der Waals surface area contributed by atoms with Gasteiger partial charge in [-0.15, -0.1) is 0 Å². The van der Waals surface area contributed by atoms with Crippen LogP contribution in [-0.4, -0.2) is 44.8 Å². The average Bonchev–Trinajstić information content (AvgIpc) is 2.77. The van der Waals surface area contributed by atoms with E-state index in [9.17, 15) is 0 Å². The van der Waals surface area contributed by atoms with Gasteiger partial charge in [-0.25, -0.2) is 0 Å². The average molecular weight is 262 g/mol. The lowest BCUT2D eigenvalue weighted by molar-refractivity contribution is 0.257. The van der Waals surface area contributed by atoms with Crippen LogP contribution in [0.3, 0.4) is 0 Å². The van der Waals surface area contributed by atoms with Crippen molar-refractivity contribution in [3.63, 3.8) is 0 Å². The molecule has 0 radical (unpaired) electrons. The highest BCUT2D eigenvalue weighted by molar-refractivity contribution is 5.44. The Bertz CT molecular complexity index is 436. The third kappa shape index (κ3) is 2.85. The molecule has 4 nitrogen and oxygen atoms in total. The third-order valence-electron chi connectivity index (χ3n) is 3.92. The van der Waals surface area contributed by atoms with E-state index in [4.69, 9.17) is 9.47 Å². The highest BCUT2D eigenvalue weighted by Gasteiger charge is 2.21. The lowest BCUT2D eigenvalue weighted by Crippen LogP contribution is -2.26. The Morgan fingerprint density at radius 2 is 2.00 bits per heavy atom. The standard InChI is InChI=1S/C15H22N2O2/c1-17-8-7-16-6-5-13(17)12-3-4-14-15(11-12)19-10-2-9-18-14/h3-4,11,13,16H,2,5-10H2,1H3. The van der Waals surface area contributed by atoms with Gasteiger partial charge in [0.1, 0.15) is 0 Å². The summed E-state index contributed by atoms with van der Waals surface area (Å²) in [6.45, 7) is 4.72. The van der Waals surface area contributed by atoms with E-state index >= 15 is 0 Å². The minimum Gasteiger partial charge on any atom is -0.490 e. The van der Waals surface area contributed by atoms with Crippen LogP contribution in [-0.2, 0) is 0 Å². The molecule has 0 spiro atoms. The summed E-state index contributed by atoms with van der Waals surface area (Å²) < 4.78 is 11.5. The Hall–Kier alpha value is -1.26. The first-order valence-corrected chi connectivity index (χ1v) is 7.15. The van der Waals surface area contributed by atoms with Crippen molar-refractivity contribution >= 4 is 0 Å². The van der Waals surface area contributed by atoms with Crippen molar-refractivity contribution in [1.82, 2.24) is 10.2 Å². The molecule has 1 fully saturated rings. The lowest BCUT2D eigenvalue weighted by atomic mass is 10.0. The Labute approximate surface area is 114 Å². The van der Waals surface area contributed by atoms with Crippen LogP contribution in [0.5, 0.6) is 11.5 Å². The molecule has 0 aliphatic carbocycles. The minimum absolute atomic E-state index is 0.465. The number of ether oxygens (including phenoxy) is 2. The zero-order valence-electron chi connectivity index (χ0n) is 11.5. The molecule has 1 atom stereocenters. The van der Waals surface area contributed by atoms with Crippen molar-refractivity contribution in [2.75, 3.05) is 39.9 Å². The first kappa shape index (κ1) is 12.8. The van der Waals surface area contributed by atoms with Gasteiger partial charge in [-0.05, 0) is 37.7 Å².